The number of ether oxygens (including phenoxy) is 2. The molecule has 5 rings (SSSR count). The molecule has 4 aliphatic rings. The first-order chi connectivity index (χ1) is 13.7. The second kappa shape index (κ2) is 6.57. The minimum Gasteiger partial charge on any atom is -0.493 e. The highest BCUT2D eigenvalue weighted by Gasteiger charge is 2.72. The van der Waals surface area contributed by atoms with Gasteiger partial charge in [0.05, 0.1) is 18.1 Å². The first kappa shape index (κ1) is 19.9. The number of benzene rings is 1. The van der Waals surface area contributed by atoms with Crippen molar-refractivity contribution in [3.05, 3.63) is 35.4 Å². The summed E-state index contributed by atoms with van der Waals surface area (Å²) >= 11 is 0. The Morgan fingerprint density at radius 1 is 1.38 bits per heavy atom. The Bertz CT molecular complexity index is 899. The molecule has 2 aliphatic heterocycles. The van der Waals surface area contributed by atoms with Gasteiger partial charge in [0.25, 0.3) is 0 Å². The van der Waals surface area contributed by atoms with Crippen LogP contribution in [0.1, 0.15) is 37.3 Å². The normalized spacial score (nSPS) is 33.7. The lowest BCUT2D eigenvalue weighted by Crippen LogP contribution is -2.76. The van der Waals surface area contributed by atoms with E-state index in [0.29, 0.717) is 24.3 Å². The first-order valence-electron chi connectivity index (χ1n) is 9.88. The zero-order valence-corrected chi connectivity index (χ0v) is 17.0. The molecule has 2 bridgehead atoms. The van der Waals surface area contributed by atoms with Gasteiger partial charge in [0.15, 0.2) is 23.4 Å². The average molecular weight is 401 g/mol. The molecule has 1 aromatic carbocycles. The molecule has 1 aromatic rings. The van der Waals surface area contributed by atoms with E-state index in [2.05, 4.69) is 24.6 Å². The predicted octanol–water partition coefficient (Wildman–Crippen LogP) is 1.70. The van der Waals surface area contributed by atoms with Crippen LogP contribution in [0.15, 0.2) is 24.3 Å². The standard InChI is InChI=1S/C18H21NO4.C4H6O2/c1-19-8-7-17-14-10-3-4-12(22-2)15(14)23-16(17)11(20)5-6-18(17,21)13(19)9-10;1-3(2)4(5)6/h3-4,13,16,21H,5-9H2,1-2H3;1H2,2H3,(H,5,6)/t13-,16+,17+,18-;/m1./s1. The van der Waals surface area contributed by atoms with Gasteiger partial charge in [-0.25, -0.2) is 4.79 Å². The number of likely N-dealkylation sites (N-methyl/N-ethyl adjacent to an activating group) is 1. The zero-order chi connectivity index (χ0) is 21.1. The summed E-state index contributed by atoms with van der Waals surface area (Å²) in [6.45, 7) is 5.47. The number of carboxylic acids is 1. The van der Waals surface area contributed by atoms with Crippen LogP contribution in [0.3, 0.4) is 0 Å². The van der Waals surface area contributed by atoms with Crippen molar-refractivity contribution in [2.45, 2.75) is 55.8 Å². The third-order valence-corrected chi connectivity index (χ3v) is 7.10. The largest absolute Gasteiger partial charge is 0.493 e. The maximum absolute atomic E-state index is 12.7. The van der Waals surface area contributed by atoms with Crippen LogP contribution in [-0.2, 0) is 21.4 Å². The molecule has 1 saturated carbocycles. The number of rotatable bonds is 2. The Morgan fingerprint density at radius 2 is 2.07 bits per heavy atom. The van der Waals surface area contributed by atoms with Crippen molar-refractivity contribution in [2.75, 3.05) is 20.7 Å². The Balaban J connectivity index is 0.000000302. The molecule has 0 unspecified atom stereocenters. The van der Waals surface area contributed by atoms with Crippen molar-refractivity contribution < 1.29 is 29.3 Å². The van der Waals surface area contributed by atoms with Gasteiger partial charge in [0.1, 0.15) is 0 Å². The second-order valence-electron chi connectivity index (χ2n) is 8.53. The maximum atomic E-state index is 12.7. The maximum Gasteiger partial charge on any atom is 0.330 e. The van der Waals surface area contributed by atoms with Gasteiger partial charge >= 0.3 is 5.97 Å². The lowest BCUT2D eigenvalue weighted by atomic mass is 9.49. The number of aliphatic hydroxyl groups is 1. The van der Waals surface area contributed by atoms with Gasteiger partial charge in [-0.15, -0.1) is 0 Å². The molecule has 2 fully saturated rings. The van der Waals surface area contributed by atoms with Crippen LogP contribution < -0.4 is 9.47 Å². The van der Waals surface area contributed by atoms with Crippen molar-refractivity contribution in [1.82, 2.24) is 4.90 Å². The van der Waals surface area contributed by atoms with Crippen LogP contribution in [0.25, 0.3) is 0 Å². The Kier molecular flexibility index (Phi) is 4.51. The number of carbonyl (C=O) groups excluding carboxylic acids is 1. The van der Waals surface area contributed by atoms with Crippen LogP contribution in [0, 0.1) is 0 Å². The summed E-state index contributed by atoms with van der Waals surface area (Å²) in [5, 5.41) is 19.6. The monoisotopic (exact) mass is 401 g/mol. The van der Waals surface area contributed by atoms with Crippen LogP contribution >= 0.6 is 0 Å². The Labute approximate surface area is 169 Å². The van der Waals surface area contributed by atoms with E-state index in [1.165, 1.54) is 12.5 Å². The lowest BCUT2D eigenvalue weighted by molar-refractivity contribution is -0.185. The molecule has 2 aliphatic carbocycles. The molecule has 0 aromatic heterocycles. The molecular formula is C22H27NO6. The summed E-state index contributed by atoms with van der Waals surface area (Å²) < 4.78 is 11.6. The fourth-order valence-electron chi connectivity index (χ4n) is 5.69. The van der Waals surface area contributed by atoms with Crippen LogP contribution in [0.2, 0.25) is 0 Å². The quantitative estimate of drug-likeness (QED) is 0.728. The van der Waals surface area contributed by atoms with Gasteiger partial charge in [-0.3, -0.25) is 4.79 Å². The summed E-state index contributed by atoms with van der Waals surface area (Å²) in [6, 6.07) is 4.05. The number of carbonyl (C=O) groups is 2. The van der Waals surface area contributed by atoms with Crippen molar-refractivity contribution >= 4 is 11.8 Å². The molecular weight excluding hydrogens is 374 g/mol. The molecule has 2 N–H and O–H groups in total. The number of carboxylic acid groups (broad SMARTS) is 1. The van der Waals surface area contributed by atoms with Gasteiger partial charge in [-0.05, 0) is 51.4 Å². The van der Waals surface area contributed by atoms with E-state index >= 15 is 0 Å². The van der Waals surface area contributed by atoms with E-state index < -0.39 is 23.1 Å². The van der Waals surface area contributed by atoms with E-state index in [1.807, 2.05) is 6.07 Å². The molecule has 7 nitrogen and oxygen atoms in total. The summed E-state index contributed by atoms with van der Waals surface area (Å²) in [5.41, 5.74) is 0.913. The molecule has 2 heterocycles. The molecule has 4 atom stereocenters. The van der Waals surface area contributed by atoms with Crippen molar-refractivity contribution in [3.8, 4) is 11.5 Å². The van der Waals surface area contributed by atoms with Crippen LogP contribution in [-0.4, -0.2) is 65.3 Å². The minimum atomic E-state index is -0.935. The number of hydrogen-bond donors (Lipinski definition) is 2. The number of ketones is 1. The molecule has 0 amide bonds. The molecule has 29 heavy (non-hydrogen) atoms. The highest BCUT2D eigenvalue weighted by atomic mass is 16.5. The molecule has 1 spiro atoms. The van der Waals surface area contributed by atoms with Gasteiger partial charge < -0.3 is 24.6 Å². The summed E-state index contributed by atoms with van der Waals surface area (Å²) in [4.78, 5) is 24.5. The number of Topliss-reactive ketones (excluding diaryl/α,β-unsaturated/α-hetero) is 1. The fourth-order valence-corrected chi connectivity index (χ4v) is 5.69. The topological polar surface area (TPSA) is 96.3 Å². The molecule has 0 radical (unpaired) electrons. The third kappa shape index (κ3) is 2.50. The number of piperidine rings is 1. The highest BCUT2D eigenvalue weighted by Crippen LogP contribution is 2.64. The number of methoxy groups -OCH3 is 1. The average Bonchev–Trinajstić information content (AvgIpc) is 3.04. The fraction of sp³-hybridized carbons (Fsp3) is 0.545. The second-order valence-corrected chi connectivity index (χ2v) is 8.53. The number of likely N-dealkylation sites (tertiary alicyclic amines) is 1. The van der Waals surface area contributed by atoms with E-state index in [-0.39, 0.29) is 17.4 Å². The summed E-state index contributed by atoms with van der Waals surface area (Å²) in [6.07, 6.45) is 1.89. The Hall–Kier alpha value is -2.38. The highest BCUT2D eigenvalue weighted by molar-refractivity contribution is 5.90. The van der Waals surface area contributed by atoms with Crippen LogP contribution in [0.5, 0.6) is 11.5 Å². The van der Waals surface area contributed by atoms with Crippen molar-refractivity contribution in [2.24, 2.45) is 0 Å². The summed E-state index contributed by atoms with van der Waals surface area (Å²) in [7, 11) is 3.70. The van der Waals surface area contributed by atoms with E-state index in [1.54, 1.807) is 7.11 Å². The molecule has 156 valence electrons. The first-order valence-corrected chi connectivity index (χ1v) is 9.88. The van der Waals surface area contributed by atoms with Crippen molar-refractivity contribution in [1.29, 1.82) is 0 Å². The molecule has 1 saturated heterocycles. The zero-order valence-electron chi connectivity index (χ0n) is 17.0. The predicted molar refractivity (Wildman–Crippen MR) is 105 cm³/mol. The van der Waals surface area contributed by atoms with Crippen molar-refractivity contribution in [3.63, 3.8) is 0 Å². The molecule has 7 heteroatoms. The number of aliphatic carboxylic acids is 1. The van der Waals surface area contributed by atoms with Gasteiger partial charge in [0, 0.05) is 23.6 Å². The minimum absolute atomic E-state index is 0.0438. The third-order valence-electron chi connectivity index (χ3n) is 7.10. The van der Waals surface area contributed by atoms with E-state index in [9.17, 15) is 14.7 Å². The number of hydrogen-bond acceptors (Lipinski definition) is 6. The summed E-state index contributed by atoms with van der Waals surface area (Å²) in [5.74, 6) is 0.533. The lowest BCUT2D eigenvalue weighted by Gasteiger charge is -2.62. The van der Waals surface area contributed by atoms with E-state index in [4.69, 9.17) is 14.6 Å². The van der Waals surface area contributed by atoms with Crippen LogP contribution in [0.4, 0.5) is 0 Å². The van der Waals surface area contributed by atoms with E-state index in [0.717, 1.165) is 24.9 Å². The van der Waals surface area contributed by atoms with Gasteiger partial charge in [-0.1, -0.05) is 12.6 Å². The Morgan fingerprint density at radius 3 is 2.69 bits per heavy atom. The van der Waals surface area contributed by atoms with Gasteiger partial charge in [0.2, 0.25) is 0 Å². The SMILES string of the molecule is C=C(C)C(=O)O.COc1ccc2c3c1O[C@H]1C(=O)CC[C@@]4(O)[C@@H](C2)N(C)CC[C@]314. The van der Waals surface area contributed by atoms with Gasteiger partial charge in [-0.2, -0.15) is 0 Å². The smallest absolute Gasteiger partial charge is 0.330 e. The number of nitrogens with zero attached hydrogens (tertiary/aromatic N) is 1.